The maximum atomic E-state index is 9.89. The van der Waals surface area contributed by atoms with E-state index in [1.165, 1.54) is 0 Å². The molecular weight excluding hydrogens is 354 g/mol. The fourth-order valence-corrected chi connectivity index (χ4v) is 2.55. The minimum atomic E-state index is -0.547. The van der Waals surface area contributed by atoms with Crippen molar-refractivity contribution in [3.63, 3.8) is 0 Å². The molecule has 1 atom stereocenters. The summed E-state index contributed by atoms with van der Waals surface area (Å²) in [6.07, 6.45) is 2.88. The minimum Gasteiger partial charge on any atom is -0.491 e. The maximum Gasteiger partial charge on any atom is 0.176 e. The normalized spacial score (nSPS) is 12.6. The number of nitrogens with zero attached hydrogens (tertiary/aromatic N) is 3. The van der Waals surface area contributed by atoms with Gasteiger partial charge in [0.1, 0.15) is 18.5 Å². The van der Waals surface area contributed by atoms with Gasteiger partial charge in [0, 0.05) is 23.4 Å². The summed E-state index contributed by atoms with van der Waals surface area (Å²) in [5, 5.41) is 27.3. The molecule has 1 unspecified atom stereocenters. The van der Waals surface area contributed by atoms with Gasteiger partial charge in [-0.25, -0.2) is 0 Å². The lowest BCUT2D eigenvalue weighted by atomic mass is 10.2. The van der Waals surface area contributed by atoms with Crippen LogP contribution in [-0.2, 0) is 0 Å². The summed E-state index contributed by atoms with van der Waals surface area (Å²) in [5.41, 5.74) is 3.85. The molecule has 2 aromatic carbocycles. The minimum absolute atomic E-state index is 0.245. The second kappa shape index (κ2) is 9.77. The Balaban J connectivity index is 1.52. The Kier molecular flexibility index (Phi) is 6.89. The number of hydrogen-bond acceptors (Lipinski definition) is 7. The van der Waals surface area contributed by atoms with Gasteiger partial charge in [0.05, 0.1) is 12.4 Å². The van der Waals surface area contributed by atoms with Crippen LogP contribution < -0.4 is 15.5 Å². The summed E-state index contributed by atoms with van der Waals surface area (Å²) in [4.78, 5) is 0. The fourth-order valence-electron chi connectivity index (χ4n) is 2.55. The molecule has 0 bridgehead atoms. The molecule has 7 nitrogen and oxygen atoms in total. The molecule has 1 heterocycles. The summed E-state index contributed by atoms with van der Waals surface area (Å²) < 4.78 is 5.61. The van der Waals surface area contributed by atoms with Crippen LogP contribution in [0.15, 0.2) is 59.8 Å². The Morgan fingerprint density at radius 2 is 1.93 bits per heavy atom. The number of aliphatic hydroxyl groups is 1. The van der Waals surface area contributed by atoms with Gasteiger partial charge in [-0.15, -0.1) is 5.10 Å². The number of aromatic nitrogens is 2. The predicted octanol–water partition coefficient (Wildman–Crippen LogP) is 2.81. The quantitative estimate of drug-likeness (QED) is 0.391. The van der Waals surface area contributed by atoms with Crippen molar-refractivity contribution in [2.75, 3.05) is 18.6 Å². The van der Waals surface area contributed by atoms with E-state index in [0.717, 1.165) is 16.3 Å². The zero-order valence-corrected chi connectivity index (χ0v) is 16.0. The molecule has 0 fully saturated rings. The number of fused-ring (bicyclic) bond motifs is 1. The predicted molar refractivity (Wildman–Crippen MR) is 112 cm³/mol. The summed E-state index contributed by atoms with van der Waals surface area (Å²) >= 11 is 0. The van der Waals surface area contributed by atoms with Gasteiger partial charge in [0.2, 0.25) is 0 Å². The standard InChI is InChI=1S/C21H25N5O2/c1-15(2)22-13-18(27)14-28-19-9-7-16(8-10-19)11-23-25-21-20-6-4-3-5-17(20)12-24-26-21/h3-12,15,18,22,27H,13-14H2,1-2H3,(H,25,26). The Morgan fingerprint density at radius 1 is 1.14 bits per heavy atom. The summed E-state index contributed by atoms with van der Waals surface area (Å²) in [7, 11) is 0. The number of anilines is 1. The second-order valence-corrected chi connectivity index (χ2v) is 6.75. The topological polar surface area (TPSA) is 91.7 Å². The van der Waals surface area contributed by atoms with E-state index in [1.807, 2.05) is 62.4 Å². The molecular formula is C21H25N5O2. The number of hydrogen-bond donors (Lipinski definition) is 3. The van der Waals surface area contributed by atoms with Crippen LogP contribution in [0.1, 0.15) is 19.4 Å². The molecule has 0 spiro atoms. The number of benzene rings is 2. The van der Waals surface area contributed by atoms with Crippen LogP contribution >= 0.6 is 0 Å². The molecule has 0 aliphatic rings. The molecule has 146 valence electrons. The third-order valence-corrected chi connectivity index (χ3v) is 4.04. The van der Waals surface area contributed by atoms with Crippen LogP contribution in [0.25, 0.3) is 10.8 Å². The first-order chi connectivity index (χ1) is 13.6. The molecule has 3 N–H and O–H groups in total. The lowest BCUT2D eigenvalue weighted by Gasteiger charge is -2.15. The molecule has 7 heteroatoms. The molecule has 0 amide bonds. The molecule has 0 radical (unpaired) electrons. The molecule has 0 saturated heterocycles. The van der Waals surface area contributed by atoms with Crippen molar-refractivity contribution in [3.8, 4) is 5.75 Å². The highest BCUT2D eigenvalue weighted by atomic mass is 16.5. The zero-order chi connectivity index (χ0) is 19.8. The van der Waals surface area contributed by atoms with Gasteiger partial charge in [0.15, 0.2) is 5.82 Å². The van der Waals surface area contributed by atoms with Gasteiger partial charge >= 0.3 is 0 Å². The summed E-state index contributed by atoms with van der Waals surface area (Å²) in [6.45, 7) is 4.82. The molecule has 0 aliphatic carbocycles. The van der Waals surface area contributed by atoms with E-state index in [0.29, 0.717) is 24.2 Å². The van der Waals surface area contributed by atoms with Gasteiger partial charge in [-0.05, 0) is 29.8 Å². The monoisotopic (exact) mass is 379 g/mol. The van der Waals surface area contributed by atoms with Crippen LogP contribution in [0.3, 0.4) is 0 Å². The van der Waals surface area contributed by atoms with Crippen molar-refractivity contribution >= 4 is 22.8 Å². The average molecular weight is 379 g/mol. The van der Waals surface area contributed by atoms with E-state index >= 15 is 0 Å². The van der Waals surface area contributed by atoms with E-state index in [-0.39, 0.29) is 6.61 Å². The molecule has 3 rings (SSSR count). The Bertz CT molecular complexity index is 907. The Hall–Kier alpha value is -3.03. The van der Waals surface area contributed by atoms with E-state index in [1.54, 1.807) is 12.4 Å². The van der Waals surface area contributed by atoms with Crippen LogP contribution in [-0.4, -0.2) is 46.8 Å². The van der Waals surface area contributed by atoms with E-state index in [4.69, 9.17) is 4.74 Å². The first kappa shape index (κ1) is 19.7. The van der Waals surface area contributed by atoms with Crippen molar-refractivity contribution in [1.29, 1.82) is 0 Å². The third-order valence-electron chi connectivity index (χ3n) is 4.04. The van der Waals surface area contributed by atoms with Gasteiger partial charge in [-0.1, -0.05) is 38.1 Å². The number of hydrazone groups is 1. The van der Waals surface area contributed by atoms with Crippen LogP contribution in [0.2, 0.25) is 0 Å². The van der Waals surface area contributed by atoms with Crippen LogP contribution in [0.4, 0.5) is 5.82 Å². The smallest absolute Gasteiger partial charge is 0.176 e. The van der Waals surface area contributed by atoms with E-state index in [9.17, 15) is 5.11 Å². The van der Waals surface area contributed by atoms with Gasteiger partial charge < -0.3 is 15.2 Å². The van der Waals surface area contributed by atoms with Crippen molar-refractivity contribution in [2.45, 2.75) is 26.0 Å². The first-order valence-electron chi connectivity index (χ1n) is 9.25. The molecule has 28 heavy (non-hydrogen) atoms. The summed E-state index contributed by atoms with van der Waals surface area (Å²) in [5.74, 6) is 1.31. The van der Waals surface area contributed by atoms with Gasteiger partial charge in [-0.3, -0.25) is 5.43 Å². The van der Waals surface area contributed by atoms with Crippen molar-refractivity contribution < 1.29 is 9.84 Å². The van der Waals surface area contributed by atoms with Gasteiger partial charge in [-0.2, -0.15) is 10.2 Å². The van der Waals surface area contributed by atoms with E-state index < -0.39 is 6.10 Å². The lowest BCUT2D eigenvalue weighted by molar-refractivity contribution is 0.104. The third kappa shape index (κ3) is 5.73. The lowest BCUT2D eigenvalue weighted by Crippen LogP contribution is -2.35. The SMILES string of the molecule is CC(C)NCC(O)COc1ccc(C=NNc2nncc3ccccc23)cc1. The largest absolute Gasteiger partial charge is 0.491 e. The highest BCUT2D eigenvalue weighted by molar-refractivity contribution is 5.91. The van der Waals surface area contributed by atoms with E-state index in [2.05, 4.69) is 26.0 Å². The highest BCUT2D eigenvalue weighted by Gasteiger charge is 2.06. The Labute approximate surface area is 164 Å². The fraction of sp³-hybridized carbons (Fsp3) is 0.286. The first-order valence-corrected chi connectivity index (χ1v) is 9.25. The Morgan fingerprint density at radius 3 is 2.71 bits per heavy atom. The molecule has 0 saturated carbocycles. The van der Waals surface area contributed by atoms with Crippen molar-refractivity contribution in [1.82, 2.24) is 15.5 Å². The zero-order valence-electron chi connectivity index (χ0n) is 16.0. The molecule has 1 aromatic heterocycles. The maximum absolute atomic E-state index is 9.89. The number of nitrogens with one attached hydrogen (secondary N) is 2. The van der Waals surface area contributed by atoms with Crippen LogP contribution in [0.5, 0.6) is 5.75 Å². The van der Waals surface area contributed by atoms with Gasteiger partial charge in [0.25, 0.3) is 0 Å². The highest BCUT2D eigenvalue weighted by Crippen LogP contribution is 2.19. The second-order valence-electron chi connectivity index (χ2n) is 6.75. The van der Waals surface area contributed by atoms with Crippen molar-refractivity contribution in [3.05, 3.63) is 60.3 Å². The number of ether oxygens (including phenoxy) is 1. The molecule has 3 aromatic rings. The summed E-state index contributed by atoms with van der Waals surface area (Å²) in [6, 6.07) is 15.7. The average Bonchev–Trinajstić information content (AvgIpc) is 2.72. The number of rotatable bonds is 9. The van der Waals surface area contributed by atoms with Crippen LogP contribution in [0, 0.1) is 0 Å². The molecule has 0 aliphatic heterocycles. The number of aliphatic hydroxyl groups excluding tert-OH is 1. The van der Waals surface area contributed by atoms with Crippen molar-refractivity contribution in [2.24, 2.45) is 5.10 Å².